The van der Waals surface area contributed by atoms with Gasteiger partial charge in [0.15, 0.2) is 0 Å². The number of hydrogen-bond acceptors (Lipinski definition) is 3. The lowest BCUT2D eigenvalue weighted by atomic mass is 10.1. The Hall–Kier alpha value is -2.53. The van der Waals surface area contributed by atoms with Crippen LogP contribution >= 0.6 is 11.8 Å². The maximum Gasteiger partial charge on any atom is 0.230 e. The number of benzene rings is 2. The molecule has 5 heteroatoms. The number of nitrogens with one attached hydrogen (secondary N) is 1. The summed E-state index contributed by atoms with van der Waals surface area (Å²) in [5.41, 5.74) is 3.54. The zero-order valence-corrected chi connectivity index (χ0v) is 15.0. The minimum Gasteiger partial charge on any atom is -0.351 e. The lowest BCUT2D eigenvalue weighted by Gasteiger charge is -2.07. The minimum atomic E-state index is 0.0491. The van der Waals surface area contributed by atoms with E-state index >= 15 is 0 Å². The molecule has 1 aromatic heterocycles. The van der Waals surface area contributed by atoms with Gasteiger partial charge < -0.3 is 9.88 Å². The van der Waals surface area contributed by atoms with Crippen molar-refractivity contribution in [3.63, 3.8) is 0 Å². The average Bonchev–Trinajstić information content (AvgIpc) is 3.14. The summed E-state index contributed by atoms with van der Waals surface area (Å²) in [5.74, 6) is 0.481. The maximum absolute atomic E-state index is 12.0. The first-order valence-electron chi connectivity index (χ1n) is 8.19. The summed E-state index contributed by atoms with van der Waals surface area (Å²) >= 11 is 1.56. The Morgan fingerprint density at radius 3 is 2.48 bits per heavy atom. The van der Waals surface area contributed by atoms with E-state index in [0.29, 0.717) is 12.3 Å². The SMILES string of the molecule is Cc1ccc(SCC(=O)NCc2ccc(Cn3ccnc3)cc2)cc1. The number of carbonyl (C=O) groups is 1. The van der Waals surface area contributed by atoms with Crippen LogP contribution in [0.2, 0.25) is 0 Å². The van der Waals surface area contributed by atoms with Gasteiger partial charge in [-0.25, -0.2) is 4.98 Å². The molecule has 3 aromatic rings. The number of hydrogen-bond donors (Lipinski definition) is 1. The first-order valence-corrected chi connectivity index (χ1v) is 9.17. The fourth-order valence-electron chi connectivity index (χ4n) is 2.39. The maximum atomic E-state index is 12.0. The number of aromatic nitrogens is 2. The van der Waals surface area contributed by atoms with Crippen LogP contribution in [0.3, 0.4) is 0 Å². The second-order valence-corrected chi connectivity index (χ2v) is 6.98. The molecule has 0 aliphatic heterocycles. The van der Waals surface area contributed by atoms with Crippen molar-refractivity contribution >= 4 is 17.7 Å². The zero-order valence-electron chi connectivity index (χ0n) is 14.2. The quantitative estimate of drug-likeness (QED) is 0.661. The highest BCUT2D eigenvalue weighted by molar-refractivity contribution is 8.00. The minimum absolute atomic E-state index is 0.0491. The molecule has 3 rings (SSSR count). The highest BCUT2D eigenvalue weighted by Crippen LogP contribution is 2.17. The molecule has 0 unspecified atom stereocenters. The van der Waals surface area contributed by atoms with Crippen molar-refractivity contribution in [2.45, 2.75) is 24.9 Å². The van der Waals surface area contributed by atoms with Gasteiger partial charge in [-0.2, -0.15) is 0 Å². The van der Waals surface area contributed by atoms with Gasteiger partial charge in [0, 0.05) is 30.4 Å². The molecule has 0 atom stereocenters. The molecule has 1 amide bonds. The lowest BCUT2D eigenvalue weighted by molar-refractivity contribution is -0.118. The average molecular weight is 351 g/mol. The Balaban J connectivity index is 1.43. The zero-order chi connectivity index (χ0) is 17.5. The van der Waals surface area contributed by atoms with Crippen molar-refractivity contribution in [3.05, 3.63) is 83.9 Å². The van der Waals surface area contributed by atoms with Crippen molar-refractivity contribution < 1.29 is 4.79 Å². The van der Waals surface area contributed by atoms with Crippen LogP contribution in [0.15, 0.2) is 72.1 Å². The Bertz CT molecular complexity index is 796. The molecule has 128 valence electrons. The van der Waals surface area contributed by atoms with E-state index in [-0.39, 0.29) is 5.91 Å². The van der Waals surface area contributed by atoms with Gasteiger partial charge in [0.1, 0.15) is 0 Å². The molecule has 1 N–H and O–H groups in total. The lowest BCUT2D eigenvalue weighted by Crippen LogP contribution is -2.24. The molecular weight excluding hydrogens is 330 g/mol. The Morgan fingerprint density at radius 1 is 1.08 bits per heavy atom. The fraction of sp³-hybridized carbons (Fsp3) is 0.200. The number of aryl methyl sites for hydroxylation is 1. The third-order valence-corrected chi connectivity index (χ3v) is 4.84. The van der Waals surface area contributed by atoms with Gasteiger partial charge in [-0.05, 0) is 30.2 Å². The van der Waals surface area contributed by atoms with E-state index in [0.717, 1.165) is 17.0 Å². The van der Waals surface area contributed by atoms with E-state index in [1.54, 1.807) is 24.3 Å². The van der Waals surface area contributed by atoms with Crippen molar-refractivity contribution in [1.82, 2.24) is 14.9 Å². The molecule has 0 aliphatic carbocycles. The van der Waals surface area contributed by atoms with Gasteiger partial charge in [-0.15, -0.1) is 11.8 Å². The van der Waals surface area contributed by atoms with Gasteiger partial charge in [-0.3, -0.25) is 4.79 Å². The van der Waals surface area contributed by atoms with E-state index in [4.69, 9.17) is 0 Å². The molecular formula is C20H21N3OS. The van der Waals surface area contributed by atoms with Crippen molar-refractivity contribution in [2.75, 3.05) is 5.75 Å². The molecule has 2 aromatic carbocycles. The van der Waals surface area contributed by atoms with Gasteiger partial charge >= 0.3 is 0 Å². The number of rotatable bonds is 7. The van der Waals surface area contributed by atoms with Crippen LogP contribution in [0.1, 0.15) is 16.7 Å². The van der Waals surface area contributed by atoms with Gasteiger partial charge in [-0.1, -0.05) is 42.0 Å². The van der Waals surface area contributed by atoms with E-state index in [2.05, 4.69) is 53.6 Å². The Kier molecular flexibility index (Phi) is 5.90. The van der Waals surface area contributed by atoms with E-state index in [1.807, 2.05) is 22.9 Å². The highest BCUT2D eigenvalue weighted by atomic mass is 32.2. The van der Waals surface area contributed by atoms with Gasteiger partial charge in [0.25, 0.3) is 0 Å². The van der Waals surface area contributed by atoms with Crippen LogP contribution in [0, 0.1) is 6.92 Å². The highest BCUT2D eigenvalue weighted by Gasteiger charge is 2.03. The molecule has 4 nitrogen and oxygen atoms in total. The van der Waals surface area contributed by atoms with Crippen LogP contribution in [0.5, 0.6) is 0 Å². The molecule has 0 fully saturated rings. The van der Waals surface area contributed by atoms with Crippen molar-refractivity contribution in [1.29, 1.82) is 0 Å². The summed E-state index contributed by atoms with van der Waals surface area (Å²) in [5, 5.41) is 2.97. The Morgan fingerprint density at radius 2 is 1.80 bits per heavy atom. The van der Waals surface area contributed by atoms with E-state index in [1.165, 1.54) is 11.1 Å². The summed E-state index contributed by atoms with van der Waals surface area (Å²) < 4.78 is 2.03. The van der Waals surface area contributed by atoms with Crippen LogP contribution in [-0.4, -0.2) is 21.2 Å². The number of carbonyl (C=O) groups excluding carboxylic acids is 1. The summed E-state index contributed by atoms with van der Waals surface area (Å²) in [4.78, 5) is 17.2. The molecule has 1 heterocycles. The normalized spacial score (nSPS) is 10.6. The van der Waals surface area contributed by atoms with Crippen molar-refractivity contribution in [3.8, 4) is 0 Å². The van der Waals surface area contributed by atoms with Crippen LogP contribution in [-0.2, 0) is 17.9 Å². The monoisotopic (exact) mass is 351 g/mol. The number of nitrogens with zero attached hydrogens (tertiary/aromatic N) is 2. The molecule has 0 saturated carbocycles. The fourth-order valence-corrected chi connectivity index (χ4v) is 3.12. The van der Waals surface area contributed by atoms with Gasteiger partial charge in [0.2, 0.25) is 5.91 Å². The second kappa shape index (κ2) is 8.53. The molecule has 0 aliphatic rings. The summed E-state index contributed by atoms with van der Waals surface area (Å²) in [7, 11) is 0. The third kappa shape index (κ3) is 5.50. The van der Waals surface area contributed by atoms with Crippen molar-refractivity contribution in [2.24, 2.45) is 0 Å². The molecule has 0 bridgehead atoms. The largest absolute Gasteiger partial charge is 0.351 e. The van der Waals surface area contributed by atoms with Crippen LogP contribution in [0.4, 0.5) is 0 Å². The number of thioether (sulfide) groups is 1. The first kappa shape index (κ1) is 17.3. The molecule has 25 heavy (non-hydrogen) atoms. The number of imidazole rings is 1. The smallest absolute Gasteiger partial charge is 0.230 e. The van der Waals surface area contributed by atoms with Gasteiger partial charge in [0.05, 0.1) is 12.1 Å². The van der Waals surface area contributed by atoms with E-state index in [9.17, 15) is 4.79 Å². The molecule has 0 radical (unpaired) electrons. The number of amides is 1. The first-order chi connectivity index (χ1) is 12.2. The topological polar surface area (TPSA) is 46.9 Å². The third-order valence-electron chi connectivity index (χ3n) is 3.83. The standard InChI is InChI=1S/C20H21N3OS/c1-16-2-8-19(9-3-16)25-14-20(24)22-12-17-4-6-18(7-5-17)13-23-11-10-21-15-23/h2-11,15H,12-14H2,1H3,(H,22,24). The molecule has 0 saturated heterocycles. The summed E-state index contributed by atoms with van der Waals surface area (Å²) in [6.45, 7) is 3.42. The molecule has 0 spiro atoms. The summed E-state index contributed by atoms with van der Waals surface area (Å²) in [6, 6.07) is 16.5. The van der Waals surface area contributed by atoms with E-state index < -0.39 is 0 Å². The van der Waals surface area contributed by atoms with Crippen LogP contribution in [0.25, 0.3) is 0 Å². The predicted molar refractivity (Wildman–Crippen MR) is 102 cm³/mol. The van der Waals surface area contributed by atoms with Crippen LogP contribution < -0.4 is 5.32 Å². The predicted octanol–water partition coefficient (Wildman–Crippen LogP) is 3.65. The summed E-state index contributed by atoms with van der Waals surface area (Å²) in [6.07, 6.45) is 5.53. The second-order valence-electron chi connectivity index (χ2n) is 5.93. The Labute approximate surface area is 152 Å².